The van der Waals surface area contributed by atoms with Crippen LogP contribution in [0.4, 0.5) is 10.1 Å². The van der Waals surface area contributed by atoms with Crippen molar-refractivity contribution in [2.24, 2.45) is 0 Å². The Labute approximate surface area is 184 Å². The monoisotopic (exact) mass is 435 g/mol. The Kier molecular flexibility index (Phi) is 6.23. The molecule has 0 radical (unpaired) electrons. The molecule has 158 valence electrons. The van der Waals surface area contributed by atoms with E-state index in [-0.39, 0.29) is 17.5 Å². The van der Waals surface area contributed by atoms with Gasteiger partial charge in [-0.1, -0.05) is 23.9 Å². The highest BCUT2D eigenvalue weighted by Gasteiger charge is 2.16. The molecule has 7 heteroatoms. The van der Waals surface area contributed by atoms with E-state index in [1.807, 2.05) is 48.7 Å². The number of halogens is 1. The number of imidazole rings is 1. The number of carbonyl (C=O) groups excluding carboxylic acids is 1. The van der Waals surface area contributed by atoms with Crippen LogP contribution in [0.5, 0.6) is 0 Å². The van der Waals surface area contributed by atoms with Gasteiger partial charge in [-0.3, -0.25) is 4.79 Å². The van der Waals surface area contributed by atoms with E-state index in [9.17, 15) is 9.18 Å². The number of amides is 1. The summed E-state index contributed by atoms with van der Waals surface area (Å²) in [5.74, 6) is 0.585. The topological polar surface area (TPSA) is 60.1 Å². The Morgan fingerprint density at radius 3 is 2.68 bits per heavy atom. The summed E-state index contributed by atoms with van der Waals surface area (Å²) in [6.07, 6.45) is 3.36. The maximum atomic E-state index is 13.4. The van der Waals surface area contributed by atoms with Crippen molar-refractivity contribution in [2.75, 3.05) is 11.1 Å². The van der Waals surface area contributed by atoms with Gasteiger partial charge in [-0.15, -0.1) is 0 Å². The summed E-state index contributed by atoms with van der Waals surface area (Å²) in [5.41, 5.74) is 4.67. The summed E-state index contributed by atoms with van der Waals surface area (Å²) < 4.78 is 20.8. The molecule has 2 aromatic carbocycles. The minimum Gasteiger partial charge on any atom is -0.467 e. The van der Waals surface area contributed by atoms with Gasteiger partial charge in [0, 0.05) is 5.69 Å². The van der Waals surface area contributed by atoms with Crippen LogP contribution in [0, 0.1) is 19.7 Å². The van der Waals surface area contributed by atoms with Crippen molar-refractivity contribution < 1.29 is 13.6 Å². The molecule has 4 rings (SSSR count). The number of hydrogen-bond donors (Lipinski definition) is 1. The minimum atomic E-state index is -0.293. The zero-order valence-electron chi connectivity index (χ0n) is 17.3. The molecule has 0 bridgehead atoms. The largest absolute Gasteiger partial charge is 0.467 e. The van der Waals surface area contributed by atoms with Crippen LogP contribution < -0.4 is 5.32 Å². The third-order valence-corrected chi connectivity index (χ3v) is 6.05. The molecule has 2 aromatic heterocycles. The fourth-order valence-electron chi connectivity index (χ4n) is 3.24. The van der Waals surface area contributed by atoms with E-state index in [0.717, 1.165) is 33.8 Å². The first-order chi connectivity index (χ1) is 15.0. The van der Waals surface area contributed by atoms with Gasteiger partial charge in [-0.05, 0) is 73.0 Å². The second-order valence-corrected chi connectivity index (χ2v) is 8.13. The van der Waals surface area contributed by atoms with E-state index in [2.05, 4.69) is 10.3 Å². The second kappa shape index (κ2) is 9.22. The smallest absolute Gasteiger partial charge is 0.234 e. The molecule has 4 aromatic rings. The lowest BCUT2D eigenvalue weighted by Crippen LogP contribution is -2.15. The number of benzene rings is 2. The molecule has 1 amide bonds. The van der Waals surface area contributed by atoms with Gasteiger partial charge in [0.25, 0.3) is 0 Å². The van der Waals surface area contributed by atoms with Crippen LogP contribution in [-0.2, 0) is 11.3 Å². The van der Waals surface area contributed by atoms with Crippen LogP contribution in [-0.4, -0.2) is 21.2 Å². The van der Waals surface area contributed by atoms with Crippen molar-refractivity contribution in [3.05, 3.63) is 89.8 Å². The van der Waals surface area contributed by atoms with Gasteiger partial charge in [-0.25, -0.2) is 9.37 Å². The third-order valence-electron chi connectivity index (χ3n) is 5.06. The molecule has 0 fully saturated rings. The lowest BCUT2D eigenvalue weighted by Gasteiger charge is -2.12. The van der Waals surface area contributed by atoms with Gasteiger partial charge < -0.3 is 14.3 Å². The molecule has 0 aliphatic carbocycles. The number of aromatic nitrogens is 2. The molecule has 2 heterocycles. The Balaban J connectivity index is 1.54. The van der Waals surface area contributed by atoms with Crippen molar-refractivity contribution in [3.8, 4) is 11.3 Å². The molecule has 1 N–H and O–H groups in total. The highest BCUT2D eigenvalue weighted by atomic mass is 32.2. The fraction of sp³-hybridized carbons (Fsp3) is 0.167. The lowest BCUT2D eigenvalue weighted by molar-refractivity contribution is -0.113. The molecule has 0 aliphatic rings. The number of carbonyl (C=O) groups is 1. The minimum absolute atomic E-state index is 0.102. The van der Waals surface area contributed by atoms with Crippen LogP contribution in [0.1, 0.15) is 16.9 Å². The number of furan rings is 1. The summed E-state index contributed by atoms with van der Waals surface area (Å²) in [5, 5.41) is 3.66. The molecule has 0 atom stereocenters. The van der Waals surface area contributed by atoms with E-state index < -0.39 is 0 Å². The van der Waals surface area contributed by atoms with Gasteiger partial charge in [0.2, 0.25) is 5.91 Å². The predicted octanol–water partition coefficient (Wildman–Crippen LogP) is 5.68. The zero-order chi connectivity index (χ0) is 21.8. The van der Waals surface area contributed by atoms with Crippen LogP contribution in [0.25, 0.3) is 11.3 Å². The van der Waals surface area contributed by atoms with Crippen LogP contribution in [0.3, 0.4) is 0 Å². The highest BCUT2D eigenvalue weighted by Crippen LogP contribution is 2.28. The van der Waals surface area contributed by atoms with Crippen molar-refractivity contribution in [1.29, 1.82) is 0 Å². The number of thioether (sulfide) groups is 1. The standard InChI is InChI=1S/C24H22FN3O2S/c1-16-5-3-7-21(17(16)2)27-23(29)15-31-24-26-13-22(18-8-10-19(25)11-9-18)28(24)14-20-6-4-12-30-20/h3-13H,14-15H2,1-2H3,(H,27,29). The number of hydrogen-bond acceptors (Lipinski definition) is 4. The van der Waals surface area contributed by atoms with Gasteiger partial charge in [0.15, 0.2) is 5.16 Å². The first kappa shape index (κ1) is 20.9. The average molecular weight is 436 g/mol. The lowest BCUT2D eigenvalue weighted by atomic mass is 10.1. The maximum absolute atomic E-state index is 13.4. The molecule has 0 unspecified atom stereocenters. The third kappa shape index (κ3) is 4.88. The van der Waals surface area contributed by atoms with Gasteiger partial charge >= 0.3 is 0 Å². The first-order valence-electron chi connectivity index (χ1n) is 9.84. The number of anilines is 1. The predicted molar refractivity (Wildman–Crippen MR) is 121 cm³/mol. The van der Waals surface area contributed by atoms with Crippen molar-refractivity contribution >= 4 is 23.4 Å². The van der Waals surface area contributed by atoms with Crippen molar-refractivity contribution in [2.45, 2.75) is 25.5 Å². The zero-order valence-corrected chi connectivity index (χ0v) is 18.1. The van der Waals surface area contributed by atoms with E-state index in [0.29, 0.717) is 11.7 Å². The van der Waals surface area contributed by atoms with Crippen LogP contribution >= 0.6 is 11.8 Å². The summed E-state index contributed by atoms with van der Waals surface area (Å²) in [6, 6.07) is 15.8. The maximum Gasteiger partial charge on any atom is 0.234 e. The Bertz CT molecular complexity index is 1180. The Morgan fingerprint density at radius 2 is 1.94 bits per heavy atom. The molecular formula is C24H22FN3O2S. The van der Waals surface area contributed by atoms with Crippen molar-refractivity contribution in [1.82, 2.24) is 9.55 Å². The Hall–Kier alpha value is -3.32. The fourth-order valence-corrected chi connectivity index (χ4v) is 4.02. The number of aryl methyl sites for hydroxylation is 1. The highest BCUT2D eigenvalue weighted by molar-refractivity contribution is 7.99. The molecule has 0 saturated carbocycles. The SMILES string of the molecule is Cc1cccc(NC(=O)CSc2ncc(-c3ccc(F)cc3)n2Cc2ccco2)c1C. The quantitative estimate of drug-likeness (QED) is 0.380. The number of nitrogens with one attached hydrogen (secondary N) is 1. The van der Waals surface area contributed by atoms with E-state index in [1.54, 1.807) is 24.6 Å². The molecular weight excluding hydrogens is 413 g/mol. The number of rotatable bonds is 7. The summed E-state index contributed by atoms with van der Waals surface area (Å²) in [7, 11) is 0. The number of nitrogens with zero attached hydrogens (tertiary/aromatic N) is 2. The van der Waals surface area contributed by atoms with Crippen molar-refractivity contribution in [3.63, 3.8) is 0 Å². The molecule has 5 nitrogen and oxygen atoms in total. The van der Waals surface area contributed by atoms with Gasteiger partial charge in [0.1, 0.15) is 11.6 Å². The normalized spacial score (nSPS) is 10.9. The van der Waals surface area contributed by atoms with E-state index >= 15 is 0 Å². The van der Waals surface area contributed by atoms with Crippen LogP contribution in [0.15, 0.2) is 76.6 Å². The molecule has 31 heavy (non-hydrogen) atoms. The summed E-state index contributed by atoms with van der Waals surface area (Å²) in [4.78, 5) is 17.1. The average Bonchev–Trinajstić information content (AvgIpc) is 3.41. The molecule has 0 spiro atoms. The van der Waals surface area contributed by atoms with Crippen LogP contribution in [0.2, 0.25) is 0 Å². The summed E-state index contributed by atoms with van der Waals surface area (Å²) >= 11 is 1.35. The Morgan fingerprint density at radius 1 is 1.13 bits per heavy atom. The van der Waals surface area contributed by atoms with Gasteiger partial charge in [-0.2, -0.15) is 0 Å². The second-order valence-electron chi connectivity index (χ2n) is 7.18. The molecule has 0 saturated heterocycles. The first-order valence-corrected chi connectivity index (χ1v) is 10.8. The van der Waals surface area contributed by atoms with E-state index in [4.69, 9.17) is 4.42 Å². The van der Waals surface area contributed by atoms with Gasteiger partial charge in [0.05, 0.1) is 30.5 Å². The summed E-state index contributed by atoms with van der Waals surface area (Å²) in [6.45, 7) is 4.46. The van der Waals surface area contributed by atoms with E-state index in [1.165, 1.54) is 23.9 Å². The molecule has 0 aliphatic heterocycles.